The van der Waals surface area contributed by atoms with Gasteiger partial charge in [-0.25, -0.2) is 0 Å². The second-order valence-electron chi connectivity index (χ2n) is 9.24. The van der Waals surface area contributed by atoms with Crippen LogP contribution in [0.15, 0.2) is 42.5 Å². The van der Waals surface area contributed by atoms with E-state index in [-0.39, 0.29) is 18.3 Å². The molecule has 4 heteroatoms. The fraction of sp³-hybridized carbons (Fsp3) is 0.455. The first-order valence-corrected chi connectivity index (χ1v) is 9.29. The molecular weight excluding hydrogens is 321 g/mol. The molecule has 1 saturated heterocycles. The summed E-state index contributed by atoms with van der Waals surface area (Å²) in [5.74, 6) is 0. The monoisotopic (exact) mass is 352 g/mol. The van der Waals surface area contributed by atoms with Gasteiger partial charge >= 0.3 is 7.12 Å². The van der Waals surface area contributed by atoms with Crippen molar-refractivity contribution in [1.82, 2.24) is 4.48 Å². The van der Waals surface area contributed by atoms with E-state index in [1.54, 1.807) is 0 Å². The van der Waals surface area contributed by atoms with Gasteiger partial charge in [0.25, 0.3) is 0 Å². The van der Waals surface area contributed by atoms with Gasteiger partial charge in [0.05, 0.1) is 32.3 Å². The third kappa shape index (κ3) is 3.46. The lowest BCUT2D eigenvalue weighted by molar-refractivity contribution is 0.00578. The molecule has 0 radical (unpaired) electrons. The van der Waals surface area contributed by atoms with Crippen molar-refractivity contribution in [3.63, 3.8) is 0 Å². The van der Waals surface area contributed by atoms with Gasteiger partial charge in [0.2, 0.25) is 0 Å². The second-order valence-corrected chi connectivity index (χ2v) is 9.24. The van der Waals surface area contributed by atoms with Gasteiger partial charge in [0.1, 0.15) is 5.69 Å². The molecule has 2 aromatic rings. The summed E-state index contributed by atoms with van der Waals surface area (Å²) >= 11 is 0. The quantitative estimate of drug-likeness (QED) is 0.610. The van der Waals surface area contributed by atoms with Crippen molar-refractivity contribution >= 4 is 18.3 Å². The third-order valence-electron chi connectivity index (χ3n) is 5.63. The second kappa shape index (κ2) is 6.23. The molecule has 0 unspecified atom stereocenters. The summed E-state index contributed by atoms with van der Waals surface area (Å²) in [6.45, 7) is 10.5. The van der Waals surface area contributed by atoms with E-state index in [2.05, 4.69) is 98.2 Å². The van der Waals surface area contributed by atoms with E-state index in [1.807, 2.05) is 0 Å². The van der Waals surface area contributed by atoms with Gasteiger partial charge in [-0.3, -0.25) is 4.48 Å². The van der Waals surface area contributed by atoms with Crippen LogP contribution in [0.2, 0.25) is 0 Å². The largest absolute Gasteiger partial charge is 0.495 e. The summed E-state index contributed by atoms with van der Waals surface area (Å²) in [7, 11) is 6.25. The molecule has 0 amide bonds. The highest BCUT2D eigenvalue weighted by atomic mass is 16.7. The summed E-state index contributed by atoms with van der Waals surface area (Å²) < 4.78 is 13.2. The molecule has 1 heterocycles. The normalized spacial score (nSPS) is 19.0. The Hall–Kier alpha value is -1.62. The number of hydrogen-bond acceptors (Lipinski definition) is 2. The van der Waals surface area contributed by atoms with Crippen LogP contribution in [0.25, 0.3) is 11.1 Å². The first kappa shape index (κ1) is 19.2. The zero-order chi connectivity index (χ0) is 19.3. The Morgan fingerprint density at radius 1 is 0.808 bits per heavy atom. The van der Waals surface area contributed by atoms with E-state index in [9.17, 15) is 0 Å². The smallest absolute Gasteiger partial charge is 0.399 e. The van der Waals surface area contributed by atoms with Crippen molar-refractivity contribution in [1.29, 1.82) is 0 Å². The predicted molar refractivity (Wildman–Crippen MR) is 112 cm³/mol. The molecule has 138 valence electrons. The molecule has 0 spiro atoms. The average Bonchev–Trinajstić information content (AvgIpc) is 2.75. The zero-order valence-electron chi connectivity index (χ0n) is 17.4. The standard InChI is InChI=1S/C22H31BNO2/c1-16-9-11-17(12-10-16)19-14-13-18(15-20(19)24(6,7)8)23-25-21(2,3)22(4,5)26-23/h9-15H,1-8H3/q+1. The molecule has 0 aliphatic carbocycles. The Kier molecular flexibility index (Phi) is 4.59. The fourth-order valence-corrected chi connectivity index (χ4v) is 3.21. The molecule has 1 aliphatic heterocycles. The van der Waals surface area contributed by atoms with Crippen LogP contribution in [-0.4, -0.2) is 39.5 Å². The van der Waals surface area contributed by atoms with Crippen LogP contribution in [0.4, 0.5) is 5.69 Å². The molecule has 0 N–H and O–H groups in total. The van der Waals surface area contributed by atoms with Gasteiger partial charge in [-0.15, -0.1) is 0 Å². The highest BCUT2D eigenvalue weighted by molar-refractivity contribution is 6.62. The van der Waals surface area contributed by atoms with Gasteiger partial charge < -0.3 is 9.31 Å². The lowest BCUT2D eigenvalue weighted by atomic mass is 9.78. The highest BCUT2D eigenvalue weighted by Crippen LogP contribution is 2.38. The van der Waals surface area contributed by atoms with Crippen molar-refractivity contribution in [3.05, 3.63) is 48.0 Å². The van der Waals surface area contributed by atoms with Crippen molar-refractivity contribution in [2.75, 3.05) is 21.1 Å². The maximum atomic E-state index is 6.25. The summed E-state index contributed by atoms with van der Waals surface area (Å²) in [6.07, 6.45) is 0. The molecule has 0 atom stereocenters. The topological polar surface area (TPSA) is 18.5 Å². The van der Waals surface area contributed by atoms with Crippen LogP contribution in [0, 0.1) is 6.92 Å². The van der Waals surface area contributed by atoms with Crippen molar-refractivity contribution in [2.24, 2.45) is 0 Å². The molecule has 1 fully saturated rings. The van der Waals surface area contributed by atoms with Gasteiger partial charge in [-0.1, -0.05) is 35.9 Å². The minimum atomic E-state index is -0.336. The highest BCUT2D eigenvalue weighted by Gasteiger charge is 2.52. The zero-order valence-corrected chi connectivity index (χ0v) is 17.4. The maximum absolute atomic E-state index is 6.25. The number of nitrogens with zero attached hydrogens (tertiary/aromatic N) is 1. The number of aryl methyl sites for hydroxylation is 1. The molecule has 3 rings (SSSR count). The van der Waals surface area contributed by atoms with Crippen molar-refractivity contribution < 1.29 is 9.31 Å². The van der Waals surface area contributed by atoms with E-state index in [0.717, 1.165) is 9.95 Å². The van der Waals surface area contributed by atoms with Crippen molar-refractivity contribution in [3.8, 4) is 11.1 Å². The molecule has 0 bridgehead atoms. The first-order valence-electron chi connectivity index (χ1n) is 9.29. The Bertz CT molecular complexity index is 788. The predicted octanol–water partition coefficient (Wildman–Crippen LogP) is 4.16. The van der Waals surface area contributed by atoms with E-state index < -0.39 is 0 Å². The van der Waals surface area contributed by atoms with E-state index >= 15 is 0 Å². The molecule has 3 nitrogen and oxygen atoms in total. The Morgan fingerprint density at radius 2 is 1.35 bits per heavy atom. The van der Waals surface area contributed by atoms with Gasteiger partial charge in [-0.2, -0.15) is 0 Å². The Morgan fingerprint density at radius 3 is 1.85 bits per heavy atom. The van der Waals surface area contributed by atoms with Crippen molar-refractivity contribution in [2.45, 2.75) is 45.8 Å². The number of benzene rings is 2. The van der Waals surface area contributed by atoms with Crippen LogP contribution in [0.3, 0.4) is 0 Å². The van der Waals surface area contributed by atoms with Crippen LogP contribution in [0.5, 0.6) is 0 Å². The molecule has 26 heavy (non-hydrogen) atoms. The number of quaternary nitrogens is 1. The third-order valence-corrected chi connectivity index (χ3v) is 5.63. The minimum absolute atomic E-state index is 0.329. The minimum Gasteiger partial charge on any atom is -0.399 e. The van der Waals surface area contributed by atoms with E-state index in [1.165, 1.54) is 22.4 Å². The van der Waals surface area contributed by atoms with Crippen LogP contribution >= 0.6 is 0 Å². The maximum Gasteiger partial charge on any atom is 0.495 e. The summed E-state index contributed by atoms with van der Waals surface area (Å²) in [6, 6.07) is 15.3. The summed E-state index contributed by atoms with van der Waals surface area (Å²) in [4.78, 5) is 0. The number of rotatable bonds is 3. The van der Waals surface area contributed by atoms with Gasteiger partial charge in [0, 0.05) is 5.56 Å². The molecular formula is C22H31BNO2+. The molecule has 0 aromatic heterocycles. The Balaban J connectivity index is 2.05. The SMILES string of the molecule is Cc1ccc(-c2ccc(B3OC(C)(C)C(C)(C)O3)cc2[N+](C)(C)C)cc1. The Labute approximate surface area is 158 Å². The summed E-state index contributed by atoms with van der Waals surface area (Å²) in [5, 5.41) is 0. The van der Waals surface area contributed by atoms with E-state index in [0.29, 0.717) is 0 Å². The lowest BCUT2D eigenvalue weighted by Gasteiger charge is -2.32. The number of hydrogen-bond donors (Lipinski definition) is 0. The lowest BCUT2D eigenvalue weighted by Crippen LogP contribution is -2.41. The first-order chi connectivity index (χ1) is 11.9. The average molecular weight is 352 g/mol. The summed E-state index contributed by atoms with van der Waals surface area (Å²) in [5.41, 5.74) is 5.42. The van der Waals surface area contributed by atoms with Crippen LogP contribution in [-0.2, 0) is 9.31 Å². The van der Waals surface area contributed by atoms with E-state index in [4.69, 9.17) is 9.31 Å². The van der Waals surface area contributed by atoms with Gasteiger partial charge in [-0.05, 0) is 57.8 Å². The fourth-order valence-electron chi connectivity index (χ4n) is 3.21. The van der Waals surface area contributed by atoms with Crippen LogP contribution in [0.1, 0.15) is 33.3 Å². The van der Waals surface area contributed by atoms with Gasteiger partial charge in [0.15, 0.2) is 0 Å². The molecule has 2 aromatic carbocycles. The molecule has 0 saturated carbocycles. The van der Waals surface area contributed by atoms with Crippen LogP contribution < -0.4 is 9.95 Å². The molecule has 1 aliphatic rings.